The van der Waals surface area contributed by atoms with E-state index in [4.69, 9.17) is 5.11 Å². The molecule has 7 nitrogen and oxygen atoms in total. The van der Waals surface area contributed by atoms with Gasteiger partial charge in [-0.2, -0.15) is 0 Å². The lowest BCUT2D eigenvalue weighted by Crippen LogP contribution is -2.49. The van der Waals surface area contributed by atoms with Crippen molar-refractivity contribution < 1.29 is 23.1 Å². The Morgan fingerprint density at radius 2 is 1.82 bits per heavy atom. The largest absolute Gasteiger partial charge is 0.480 e. The molecule has 1 atom stereocenters. The van der Waals surface area contributed by atoms with E-state index < -0.39 is 27.9 Å². The number of urea groups is 1. The van der Waals surface area contributed by atoms with Gasteiger partial charge in [-0.05, 0) is 5.92 Å². The fourth-order valence-electron chi connectivity index (χ4n) is 1.06. The zero-order chi connectivity index (χ0) is 13.6. The minimum Gasteiger partial charge on any atom is -0.480 e. The molecule has 0 aromatic heterocycles. The second-order valence-corrected chi connectivity index (χ2v) is 6.35. The van der Waals surface area contributed by atoms with Crippen molar-refractivity contribution in [3.8, 4) is 0 Å². The maximum absolute atomic E-state index is 11.3. The van der Waals surface area contributed by atoms with E-state index in [-0.39, 0.29) is 18.2 Å². The van der Waals surface area contributed by atoms with Crippen molar-refractivity contribution in [3.05, 3.63) is 0 Å². The van der Waals surface area contributed by atoms with Gasteiger partial charge in [0, 0.05) is 12.8 Å². The van der Waals surface area contributed by atoms with Crippen molar-refractivity contribution in [2.24, 2.45) is 5.92 Å². The van der Waals surface area contributed by atoms with Gasteiger partial charge in [-0.3, -0.25) is 0 Å². The Bertz CT molecular complexity index is 377. The minimum atomic E-state index is -3.14. The quantitative estimate of drug-likeness (QED) is 0.596. The van der Waals surface area contributed by atoms with E-state index in [9.17, 15) is 18.0 Å². The Labute approximate surface area is 101 Å². The molecule has 0 aliphatic heterocycles. The van der Waals surface area contributed by atoms with Gasteiger partial charge in [0.25, 0.3) is 0 Å². The van der Waals surface area contributed by atoms with Crippen LogP contribution in [0.2, 0.25) is 0 Å². The molecule has 0 aliphatic rings. The SMILES string of the molecule is CC(C)[C@H](NC(=O)NCCS(C)(=O)=O)C(=O)O. The highest BCUT2D eigenvalue weighted by atomic mass is 32.2. The molecule has 0 radical (unpaired) electrons. The maximum Gasteiger partial charge on any atom is 0.326 e. The highest BCUT2D eigenvalue weighted by molar-refractivity contribution is 7.90. The fourth-order valence-corrected chi connectivity index (χ4v) is 1.53. The van der Waals surface area contributed by atoms with Crippen LogP contribution in [0, 0.1) is 5.92 Å². The molecule has 0 unspecified atom stereocenters. The molecular weight excluding hydrogens is 248 g/mol. The lowest BCUT2D eigenvalue weighted by atomic mass is 10.1. The van der Waals surface area contributed by atoms with E-state index in [1.54, 1.807) is 13.8 Å². The first kappa shape index (κ1) is 15.7. The van der Waals surface area contributed by atoms with Crippen LogP contribution in [-0.2, 0) is 14.6 Å². The Morgan fingerprint density at radius 3 is 2.18 bits per heavy atom. The molecule has 0 aromatic rings. The summed E-state index contributed by atoms with van der Waals surface area (Å²) in [5, 5.41) is 13.4. The molecule has 100 valence electrons. The molecule has 0 bridgehead atoms. The summed E-state index contributed by atoms with van der Waals surface area (Å²) in [4.78, 5) is 22.0. The molecular formula is C9H18N2O5S. The third-order valence-corrected chi connectivity index (χ3v) is 2.92. The highest BCUT2D eigenvalue weighted by Crippen LogP contribution is 2.00. The number of amides is 2. The number of carboxylic acid groups (broad SMARTS) is 1. The molecule has 0 fully saturated rings. The summed E-state index contributed by atoms with van der Waals surface area (Å²) < 4.78 is 21.6. The van der Waals surface area contributed by atoms with Gasteiger partial charge in [-0.15, -0.1) is 0 Å². The van der Waals surface area contributed by atoms with Crippen molar-refractivity contribution in [2.75, 3.05) is 18.6 Å². The molecule has 0 saturated carbocycles. The van der Waals surface area contributed by atoms with E-state index in [0.717, 1.165) is 6.26 Å². The lowest BCUT2D eigenvalue weighted by molar-refractivity contribution is -0.140. The van der Waals surface area contributed by atoms with E-state index >= 15 is 0 Å². The third kappa shape index (κ3) is 7.56. The van der Waals surface area contributed by atoms with Gasteiger partial charge in [0.15, 0.2) is 0 Å². The van der Waals surface area contributed by atoms with Gasteiger partial charge < -0.3 is 15.7 Å². The van der Waals surface area contributed by atoms with E-state index in [1.807, 2.05) is 0 Å². The van der Waals surface area contributed by atoms with Crippen LogP contribution in [0.4, 0.5) is 4.79 Å². The van der Waals surface area contributed by atoms with Crippen molar-refractivity contribution in [3.63, 3.8) is 0 Å². The fraction of sp³-hybridized carbons (Fsp3) is 0.778. The van der Waals surface area contributed by atoms with Crippen LogP contribution < -0.4 is 10.6 Å². The number of rotatable bonds is 6. The molecule has 17 heavy (non-hydrogen) atoms. The maximum atomic E-state index is 11.3. The number of carboxylic acids is 1. The normalized spacial score (nSPS) is 13.2. The van der Waals surface area contributed by atoms with Gasteiger partial charge in [0.2, 0.25) is 0 Å². The van der Waals surface area contributed by atoms with Crippen LogP contribution in [0.1, 0.15) is 13.8 Å². The first-order valence-corrected chi connectivity index (χ1v) is 7.14. The second-order valence-electron chi connectivity index (χ2n) is 4.09. The molecule has 0 spiro atoms. The lowest BCUT2D eigenvalue weighted by Gasteiger charge is -2.18. The number of nitrogens with one attached hydrogen (secondary N) is 2. The van der Waals surface area contributed by atoms with Gasteiger partial charge in [-0.25, -0.2) is 18.0 Å². The van der Waals surface area contributed by atoms with Gasteiger partial charge in [0.05, 0.1) is 5.75 Å². The summed E-state index contributed by atoms with van der Waals surface area (Å²) in [7, 11) is -3.14. The monoisotopic (exact) mass is 266 g/mol. The average molecular weight is 266 g/mol. The number of carbonyl (C=O) groups excluding carboxylic acids is 1. The van der Waals surface area contributed by atoms with Crippen molar-refractivity contribution in [2.45, 2.75) is 19.9 Å². The average Bonchev–Trinajstić information content (AvgIpc) is 2.10. The first-order chi connectivity index (χ1) is 7.63. The standard InChI is InChI=1S/C9H18N2O5S/c1-6(2)7(8(12)13)11-9(14)10-4-5-17(3,15)16/h6-7H,4-5H2,1-3H3,(H,12,13)(H2,10,11,14)/t7-/m0/s1. The number of carbonyl (C=O) groups is 2. The Kier molecular flexibility index (Phi) is 5.94. The zero-order valence-corrected chi connectivity index (χ0v) is 10.9. The Morgan fingerprint density at radius 1 is 1.29 bits per heavy atom. The summed E-state index contributed by atoms with van der Waals surface area (Å²) >= 11 is 0. The highest BCUT2D eigenvalue weighted by Gasteiger charge is 2.23. The second kappa shape index (κ2) is 6.43. The zero-order valence-electron chi connectivity index (χ0n) is 10.1. The predicted molar refractivity (Wildman–Crippen MR) is 62.5 cm³/mol. The number of hydrogen-bond acceptors (Lipinski definition) is 4. The van der Waals surface area contributed by atoms with Gasteiger partial charge in [-0.1, -0.05) is 13.8 Å². The molecule has 0 heterocycles. The first-order valence-electron chi connectivity index (χ1n) is 5.08. The van der Waals surface area contributed by atoms with Gasteiger partial charge in [0.1, 0.15) is 15.9 Å². The topological polar surface area (TPSA) is 113 Å². The van der Waals surface area contributed by atoms with E-state index in [1.165, 1.54) is 0 Å². The smallest absolute Gasteiger partial charge is 0.326 e. The van der Waals surface area contributed by atoms with Crippen molar-refractivity contribution >= 4 is 21.8 Å². The van der Waals surface area contributed by atoms with Crippen LogP contribution in [0.15, 0.2) is 0 Å². The molecule has 0 aliphatic carbocycles. The Hall–Kier alpha value is -1.31. The van der Waals surface area contributed by atoms with Crippen molar-refractivity contribution in [1.82, 2.24) is 10.6 Å². The summed E-state index contributed by atoms with van der Waals surface area (Å²) in [6, 6.07) is -1.68. The van der Waals surface area contributed by atoms with E-state index in [2.05, 4.69) is 10.6 Å². The predicted octanol–water partition coefficient (Wildman–Crippen LogP) is -0.561. The minimum absolute atomic E-state index is 0.0465. The summed E-state index contributed by atoms with van der Waals surface area (Å²) in [6.07, 6.45) is 1.06. The molecule has 2 amide bonds. The molecule has 0 rings (SSSR count). The van der Waals surface area contributed by atoms with Crippen LogP contribution >= 0.6 is 0 Å². The van der Waals surface area contributed by atoms with Crippen molar-refractivity contribution in [1.29, 1.82) is 0 Å². The summed E-state index contributed by atoms with van der Waals surface area (Å²) in [5.74, 6) is -1.56. The summed E-state index contributed by atoms with van der Waals surface area (Å²) in [6.45, 7) is 3.28. The van der Waals surface area contributed by atoms with Crippen LogP contribution in [-0.4, -0.2) is 50.1 Å². The Balaban J connectivity index is 4.13. The number of hydrogen-bond donors (Lipinski definition) is 3. The van der Waals surface area contributed by atoms with Gasteiger partial charge >= 0.3 is 12.0 Å². The third-order valence-electron chi connectivity index (χ3n) is 1.98. The van der Waals surface area contributed by atoms with Crippen LogP contribution in [0.5, 0.6) is 0 Å². The molecule has 3 N–H and O–H groups in total. The van der Waals surface area contributed by atoms with Crippen LogP contribution in [0.25, 0.3) is 0 Å². The number of sulfone groups is 1. The molecule has 0 saturated heterocycles. The molecule has 0 aromatic carbocycles. The number of aliphatic carboxylic acids is 1. The molecule has 8 heteroatoms. The van der Waals surface area contributed by atoms with Crippen LogP contribution in [0.3, 0.4) is 0 Å². The van der Waals surface area contributed by atoms with E-state index in [0.29, 0.717) is 0 Å². The summed E-state index contributed by atoms with van der Waals surface area (Å²) in [5.41, 5.74) is 0.